The molecule has 24 heavy (non-hydrogen) atoms. The molecule has 0 amide bonds. The lowest BCUT2D eigenvalue weighted by atomic mass is 9.84. The Morgan fingerprint density at radius 2 is 1.46 bits per heavy atom. The fourth-order valence-corrected chi connectivity index (χ4v) is 3.45. The van der Waals surface area contributed by atoms with E-state index in [2.05, 4.69) is 27.7 Å². The van der Waals surface area contributed by atoms with Gasteiger partial charge in [0.1, 0.15) is 0 Å². The maximum atomic E-state index is 11.8. The van der Waals surface area contributed by atoms with Crippen molar-refractivity contribution in [3.8, 4) is 0 Å². The number of rotatable bonds is 10. The lowest BCUT2D eigenvalue weighted by Gasteiger charge is -2.20. The van der Waals surface area contributed by atoms with Crippen molar-refractivity contribution in [3.63, 3.8) is 0 Å². The van der Waals surface area contributed by atoms with Crippen LogP contribution in [-0.2, 0) is 12.8 Å². The van der Waals surface area contributed by atoms with Gasteiger partial charge in [-0.3, -0.25) is 0 Å². The highest BCUT2D eigenvalue weighted by atomic mass is 16.4. The Balaban J connectivity index is 3.38. The molecule has 0 aliphatic heterocycles. The van der Waals surface area contributed by atoms with Gasteiger partial charge in [0.05, 0.1) is 11.1 Å². The first kappa shape index (κ1) is 20.2. The van der Waals surface area contributed by atoms with Crippen LogP contribution >= 0.6 is 0 Å². The van der Waals surface area contributed by atoms with E-state index >= 15 is 0 Å². The molecule has 0 aliphatic rings. The molecule has 1 aromatic carbocycles. The van der Waals surface area contributed by atoms with E-state index in [-0.39, 0.29) is 11.1 Å². The Morgan fingerprint density at radius 1 is 0.917 bits per heavy atom. The Labute approximate surface area is 144 Å². The fraction of sp³-hybridized carbons (Fsp3) is 0.600. The van der Waals surface area contributed by atoms with Crippen LogP contribution < -0.4 is 0 Å². The molecule has 134 valence electrons. The molecule has 0 aromatic heterocycles. The van der Waals surface area contributed by atoms with Crippen molar-refractivity contribution in [2.45, 2.75) is 66.2 Å². The van der Waals surface area contributed by atoms with Gasteiger partial charge in [-0.2, -0.15) is 0 Å². The molecule has 0 aliphatic carbocycles. The van der Waals surface area contributed by atoms with Crippen LogP contribution in [0.2, 0.25) is 0 Å². The second-order valence-corrected chi connectivity index (χ2v) is 6.93. The van der Waals surface area contributed by atoms with Crippen LogP contribution in [0.4, 0.5) is 0 Å². The summed E-state index contributed by atoms with van der Waals surface area (Å²) in [5.41, 5.74) is 1.58. The molecule has 0 saturated heterocycles. The maximum absolute atomic E-state index is 11.8. The van der Waals surface area contributed by atoms with Gasteiger partial charge in [0.15, 0.2) is 0 Å². The van der Waals surface area contributed by atoms with Gasteiger partial charge in [0.2, 0.25) is 0 Å². The van der Waals surface area contributed by atoms with Crippen LogP contribution in [0, 0.1) is 11.8 Å². The number of carbonyl (C=O) groups is 2. The number of hydrogen-bond donors (Lipinski definition) is 2. The van der Waals surface area contributed by atoms with Crippen molar-refractivity contribution in [2.24, 2.45) is 11.8 Å². The van der Waals surface area contributed by atoms with Gasteiger partial charge in [-0.05, 0) is 41.9 Å². The van der Waals surface area contributed by atoms with Gasteiger partial charge in [-0.25, -0.2) is 9.59 Å². The van der Waals surface area contributed by atoms with Gasteiger partial charge in [0.25, 0.3) is 0 Å². The Morgan fingerprint density at radius 3 is 1.92 bits per heavy atom. The van der Waals surface area contributed by atoms with Crippen LogP contribution in [0.1, 0.15) is 85.2 Å². The number of aromatic carboxylic acids is 2. The highest BCUT2D eigenvalue weighted by Gasteiger charge is 2.24. The van der Waals surface area contributed by atoms with Crippen molar-refractivity contribution >= 4 is 11.9 Å². The van der Waals surface area contributed by atoms with Crippen molar-refractivity contribution in [1.29, 1.82) is 0 Å². The largest absolute Gasteiger partial charge is 0.478 e. The minimum absolute atomic E-state index is 0.0216. The van der Waals surface area contributed by atoms with Gasteiger partial charge in [-0.1, -0.05) is 59.4 Å². The Kier molecular flexibility index (Phi) is 7.96. The van der Waals surface area contributed by atoms with Gasteiger partial charge in [-0.15, -0.1) is 0 Å². The highest BCUT2D eigenvalue weighted by Crippen LogP contribution is 2.27. The lowest BCUT2D eigenvalue weighted by Crippen LogP contribution is -2.17. The van der Waals surface area contributed by atoms with E-state index in [1.807, 2.05) is 6.07 Å². The minimum atomic E-state index is -1.18. The molecule has 2 N–H and O–H groups in total. The SMILES string of the molecule is CCCC(C)Cc1ccc(C(=O)O)c(C(=O)O)c1CC(C)CCC. The molecule has 1 rings (SSSR count). The predicted molar refractivity (Wildman–Crippen MR) is 95.9 cm³/mol. The van der Waals surface area contributed by atoms with E-state index in [0.717, 1.165) is 37.7 Å². The minimum Gasteiger partial charge on any atom is -0.478 e. The predicted octanol–water partition coefficient (Wildman–Crippen LogP) is 5.04. The van der Waals surface area contributed by atoms with Crippen LogP contribution in [0.5, 0.6) is 0 Å². The zero-order valence-electron chi connectivity index (χ0n) is 15.3. The maximum Gasteiger partial charge on any atom is 0.336 e. The monoisotopic (exact) mass is 334 g/mol. The molecule has 2 atom stereocenters. The van der Waals surface area contributed by atoms with Gasteiger partial charge < -0.3 is 10.2 Å². The molecule has 0 bridgehead atoms. The van der Waals surface area contributed by atoms with E-state index in [0.29, 0.717) is 23.8 Å². The zero-order valence-corrected chi connectivity index (χ0v) is 15.3. The molecule has 4 nitrogen and oxygen atoms in total. The number of carboxylic acid groups (broad SMARTS) is 2. The molecule has 0 radical (unpaired) electrons. The summed E-state index contributed by atoms with van der Waals surface area (Å²) in [5, 5.41) is 19.0. The standard InChI is InChI=1S/C20H30O4/c1-5-7-13(3)11-15-9-10-16(19(21)22)18(20(23)24)17(15)12-14(4)8-6-2/h9-10,13-14H,5-8,11-12H2,1-4H3,(H,21,22)(H,23,24). The summed E-state index contributed by atoms with van der Waals surface area (Å²) in [7, 11) is 0. The first-order valence-corrected chi connectivity index (χ1v) is 8.93. The van der Waals surface area contributed by atoms with E-state index in [1.54, 1.807) is 0 Å². The summed E-state index contributed by atoms with van der Waals surface area (Å²) in [4.78, 5) is 23.2. The van der Waals surface area contributed by atoms with Crippen molar-refractivity contribution in [1.82, 2.24) is 0 Å². The normalized spacial score (nSPS) is 13.5. The number of benzene rings is 1. The summed E-state index contributed by atoms with van der Waals surface area (Å²) in [6, 6.07) is 3.27. The third-order valence-electron chi connectivity index (χ3n) is 4.54. The third-order valence-corrected chi connectivity index (χ3v) is 4.54. The highest BCUT2D eigenvalue weighted by molar-refractivity contribution is 6.03. The molecular weight excluding hydrogens is 304 g/mol. The summed E-state index contributed by atoms with van der Waals surface area (Å²) >= 11 is 0. The van der Waals surface area contributed by atoms with E-state index in [4.69, 9.17) is 0 Å². The molecular formula is C20H30O4. The average molecular weight is 334 g/mol. The molecule has 0 spiro atoms. The summed E-state index contributed by atoms with van der Waals surface area (Å²) in [6.45, 7) is 8.50. The molecule has 1 aromatic rings. The van der Waals surface area contributed by atoms with Crippen LogP contribution in [0.15, 0.2) is 12.1 Å². The Bertz CT molecular complexity index is 577. The molecule has 2 unspecified atom stereocenters. The zero-order chi connectivity index (χ0) is 18.3. The smallest absolute Gasteiger partial charge is 0.336 e. The van der Waals surface area contributed by atoms with Crippen molar-refractivity contribution < 1.29 is 19.8 Å². The quantitative estimate of drug-likeness (QED) is 0.628. The second kappa shape index (κ2) is 9.45. The third kappa shape index (κ3) is 5.36. The van der Waals surface area contributed by atoms with Crippen LogP contribution in [0.25, 0.3) is 0 Å². The van der Waals surface area contributed by atoms with Crippen molar-refractivity contribution in [2.75, 3.05) is 0 Å². The fourth-order valence-electron chi connectivity index (χ4n) is 3.45. The first-order chi connectivity index (χ1) is 11.3. The van der Waals surface area contributed by atoms with Gasteiger partial charge in [0, 0.05) is 0 Å². The average Bonchev–Trinajstić information content (AvgIpc) is 2.48. The van der Waals surface area contributed by atoms with Crippen LogP contribution in [-0.4, -0.2) is 22.2 Å². The van der Waals surface area contributed by atoms with Crippen LogP contribution in [0.3, 0.4) is 0 Å². The van der Waals surface area contributed by atoms with Gasteiger partial charge >= 0.3 is 11.9 Å². The number of hydrogen-bond acceptors (Lipinski definition) is 2. The summed E-state index contributed by atoms with van der Waals surface area (Å²) in [6.07, 6.45) is 5.60. The molecule has 0 saturated carbocycles. The summed E-state index contributed by atoms with van der Waals surface area (Å²) in [5.74, 6) is -1.54. The Hall–Kier alpha value is -1.84. The molecule has 4 heteroatoms. The van der Waals surface area contributed by atoms with E-state index in [1.165, 1.54) is 6.07 Å². The first-order valence-electron chi connectivity index (χ1n) is 8.93. The van der Waals surface area contributed by atoms with Crippen molar-refractivity contribution in [3.05, 3.63) is 34.4 Å². The molecule has 0 fully saturated rings. The second-order valence-electron chi connectivity index (χ2n) is 6.93. The van der Waals surface area contributed by atoms with E-state index in [9.17, 15) is 19.8 Å². The summed E-state index contributed by atoms with van der Waals surface area (Å²) < 4.78 is 0. The lowest BCUT2D eigenvalue weighted by molar-refractivity contribution is 0.0650. The number of carboxylic acids is 2. The molecule has 0 heterocycles. The topological polar surface area (TPSA) is 74.6 Å². The van der Waals surface area contributed by atoms with E-state index < -0.39 is 11.9 Å².